The summed E-state index contributed by atoms with van der Waals surface area (Å²) in [7, 11) is -0.234. The summed E-state index contributed by atoms with van der Waals surface area (Å²) in [5, 5.41) is 0. The first kappa shape index (κ1) is 10.7. The Morgan fingerprint density at radius 1 is 1.10 bits per heavy atom. The normalized spacial score (nSPS) is 17.4. The standard InChI is InChI=1S/C8H18BrSi/c1-5-7(3)10(9)8(4)6-2/h7-8H,5-6H2,1-4H3. The summed E-state index contributed by atoms with van der Waals surface area (Å²) in [6.07, 6.45) is 2.65. The van der Waals surface area contributed by atoms with Crippen LogP contribution in [0.1, 0.15) is 40.5 Å². The van der Waals surface area contributed by atoms with Crippen LogP contribution in [-0.4, -0.2) is 7.42 Å². The summed E-state index contributed by atoms with van der Waals surface area (Å²) in [4.78, 5) is 0. The molecule has 0 aromatic heterocycles. The van der Waals surface area contributed by atoms with E-state index in [1.807, 2.05) is 0 Å². The molecule has 0 aliphatic rings. The van der Waals surface area contributed by atoms with E-state index in [4.69, 9.17) is 0 Å². The van der Waals surface area contributed by atoms with Crippen LogP contribution in [0.4, 0.5) is 0 Å². The summed E-state index contributed by atoms with van der Waals surface area (Å²) in [5.41, 5.74) is 1.83. The number of hydrogen-bond donors (Lipinski definition) is 0. The predicted octanol–water partition coefficient (Wildman–Crippen LogP) is 3.97. The molecule has 0 fully saturated rings. The maximum atomic E-state index is 3.83. The van der Waals surface area contributed by atoms with Crippen LogP contribution < -0.4 is 0 Å². The molecule has 2 unspecified atom stereocenters. The van der Waals surface area contributed by atoms with Crippen LogP contribution in [0.3, 0.4) is 0 Å². The number of rotatable bonds is 4. The van der Waals surface area contributed by atoms with Gasteiger partial charge in [0.25, 0.3) is 0 Å². The minimum absolute atomic E-state index is 0.234. The summed E-state index contributed by atoms with van der Waals surface area (Å²) in [5.74, 6) is 0. The van der Waals surface area contributed by atoms with Crippen LogP contribution in [0, 0.1) is 0 Å². The first-order chi connectivity index (χ1) is 4.63. The largest absolute Gasteiger partial charge is 0.141 e. The van der Waals surface area contributed by atoms with E-state index in [1.54, 1.807) is 0 Å². The third-order valence-electron chi connectivity index (χ3n) is 2.17. The lowest BCUT2D eigenvalue weighted by atomic mass is 10.4. The second-order valence-electron chi connectivity index (χ2n) is 3.00. The van der Waals surface area contributed by atoms with Crippen molar-refractivity contribution in [2.45, 2.75) is 51.6 Å². The van der Waals surface area contributed by atoms with Gasteiger partial charge in [-0.2, -0.15) is 0 Å². The van der Waals surface area contributed by atoms with Gasteiger partial charge < -0.3 is 0 Å². The van der Waals surface area contributed by atoms with Crippen molar-refractivity contribution in [3.05, 3.63) is 0 Å². The SMILES string of the molecule is CCC(C)[Si](Br)C(C)CC. The smallest absolute Gasteiger partial charge is 0.128 e. The van der Waals surface area contributed by atoms with Crippen molar-refractivity contribution in [1.29, 1.82) is 0 Å². The van der Waals surface area contributed by atoms with Crippen LogP contribution in [0.2, 0.25) is 11.1 Å². The molecule has 61 valence electrons. The highest BCUT2D eigenvalue weighted by Crippen LogP contribution is 2.29. The average molecular weight is 222 g/mol. The second kappa shape index (κ2) is 5.36. The molecule has 0 heterocycles. The minimum Gasteiger partial charge on any atom is -0.128 e. The second-order valence-corrected chi connectivity index (χ2v) is 8.49. The van der Waals surface area contributed by atoms with Gasteiger partial charge in [0.1, 0.15) is 7.42 Å². The summed E-state index contributed by atoms with van der Waals surface area (Å²) < 4.78 is 0. The highest BCUT2D eigenvalue weighted by Gasteiger charge is 2.20. The minimum atomic E-state index is -0.234. The molecule has 0 aliphatic carbocycles. The van der Waals surface area contributed by atoms with Gasteiger partial charge in [-0.05, 0) is 11.1 Å². The highest BCUT2D eigenvalue weighted by molar-refractivity contribution is 9.24. The molecular formula is C8H18BrSi. The predicted molar refractivity (Wildman–Crippen MR) is 54.1 cm³/mol. The molecule has 2 atom stereocenters. The van der Waals surface area contributed by atoms with Crippen LogP contribution >= 0.6 is 15.3 Å². The molecule has 0 N–H and O–H groups in total. The molecule has 0 aromatic carbocycles. The number of halogens is 1. The Labute approximate surface area is 74.6 Å². The van der Waals surface area contributed by atoms with E-state index in [1.165, 1.54) is 12.8 Å². The van der Waals surface area contributed by atoms with Crippen LogP contribution in [0.5, 0.6) is 0 Å². The Bertz CT molecular complexity index is 75.3. The lowest BCUT2D eigenvalue weighted by Gasteiger charge is -2.19. The lowest BCUT2D eigenvalue weighted by Crippen LogP contribution is -2.15. The molecule has 0 aromatic rings. The highest BCUT2D eigenvalue weighted by atomic mass is 79.9. The van der Waals surface area contributed by atoms with Gasteiger partial charge in [-0.3, -0.25) is 0 Å². The van der Waals surface area contributed by atoms with E-state index in [2.05, 4.69) is 43.0 Å². The maximum absolute atomic E-state index is 3.83. The van der Waals surface area contributed by atoms with E-state index in [9.17, 15) is 0 Å². The van der Waals surface area contributed by atoms with E-state index in [0.717, 1.165) is 11.1 Å². The van der Waals surface area contributed by atoms with Crippen molar-refractivity contribution in [2.24, 2.45) is 0 Å². The molecule has 0 amide bonds. The summed E-state index contributed by atoms with van der Waals surface area (Å²) in [6.45, 7) is 9.27. The van der Waals surface area contributed by atoms with Gasteiger partial charge in [0, 0.05) is 0 Å². The quantitative estimate of drug-likeness (QED) is 0.498. The molecule has 10 heavy (non-hydrogen) atoms. The Balaban J connectivity index is 3.69. The monoisotopic (exact) mass is 221 g/mol. The topological polar surface area (TPSA) is 0 Å². The van der Waals surface area contributed by atoms with E-state index in [0.29, 0.717) is 0 Å². The Hall–Kier alpha value is 0.697. The van der Waals surface area contributed by atoms with Gasteiger partial charge in [0.2, 0.25) is 0 Å². The van der Waals surface area contributed by atoms with Gasteiger partial charge in [0.05, 0.1) is 0 Å². The Kier molecular flexibility index (Phi) is 5.73. The number of hydrogen-bond acceptors (Lipinski definition) is 0. The fourth-order valence-corrected chi connectivity index (χ4v) is 4.57. The van der Waals surface area contributed by atoms with Crippen molar-refractivity contribution >= 4 is 22.7 Å². The van der Waals surface area contributed by atoms with E-state index < -0.39 is 0 Å². The lowest BCUT2D eigenvalue weighted by molar-refractivity contribution is 0.799. The van der Waals surface area contributed by atoms with Gasteiger partial charge in [-0.15, -0.1) is 15.3 Å². The van der Waals surface area contributed by atoms with Gasteiger partial charge in [-0.1, -0.05) is 40.5 Å². The molecule has 0 saturated heterocycles. The third-order valence-corrected chi connectivity index (χ3v) is 9.56. The fourth-order valence-electron chi connectivity index (χ4n) is 0.876. The zero-order valence-electron chi connectivity index (χ0n) is 7.45. The average Bonchev–Trinajstić information content (AvgIpc) is 2.00. The molecular weight excluding hydrogens is 204 g/mol. The Morgan fingerprint density at radius 3 is 1.60 bits per heavy atom. The molecule has 0 rings (SSSR count). The molecule has 1 radical (unpaired) electrons. The molecule has 0 aliphatic heterocycles. The molecule has 0 spiro atoms. The van der Waals surface area contributed by atoms with Crippen molar-refractivity contribution in [1.82, 2.24) is 0 Å². The maximum Gasteiger partial charge on any atom is 0.141 e. The molecule has 2 heteroatoms. The van der Waals surface area contributed by atoms with Crippen molar-refractivity contribution < 1.29 is 0 Å². The fraction of sp³-hybridized carbons (Fsp3) is 1.00. The van der Waals surface area contributed by atoms with Crippen molar-refractivity contribution in [2.75, 3.05) is 0 Å². The molecule has 0 nitrogen and oxygen atoms in total. The zero-order valence-corrected chi connectivity index (χ0v) is 10.0. The van der Waals surface area contributed by atoms with Gasteiger partial charge in [0.15, 0.2) is 0 Å². The van der Waals surface area contributed by atoms with E-state index in [-0.39, 0.29) is 7.42 Å². The van der Waals surface area contributed by atoms with Crippen LogP contribution in [0.15, 0.2) is 0 Å². The first-order valence-electron chi connectivity index (χ1n) is 4.15. The van der Waals surface area contributed by atoms with Crippen molar-refractivity contribution in [3.63, 3.8) is 0 Å². The molecule has 0 bridgehead atoms. The van der Waals surface area contributed by atoms with Gasteiger partial charge >= 0.3 is 0 Å². The van der Waals surface area contributed by atoms with Crippen LogP contribution in [0.25, 0.3) is 0 Å². The van der Waals surface area contributed by atoms with Gasteiger partial charge in [-0.25, -0.2) is 0 Å². The summed E-state index contributed by atoms with van der Waals surface area (Å²) in [6, 6.07) is 0. The van der Waals surface area contributed by atoms with E-state index >= 15 is 0 Å². The third kappa shape index (κ3) is 3.20. The first-order valence-corrected chi connectivity index (χ1v) is 8.06. The Morgan fingerprint density at radius 2 is 1.40 bits per heavy atom. The summed E-state index contributed by atoms with van der Waals surface area (Å²) >= 11 is 3.83. The molecule has 0 saturated carbocycles. The van der Waals surface area contributed by atoms with Crippen LogP contribution in [-0.2, 0) is 0 Å². The zero-order chi connectivity index (χ0) is 8.15. The van der Waals surface area contributed by atoms with Crippen molar-refractivity contribution in [3.8, 4) is 0 Å².